The molecule has 0 amide bonds. The molecule has 0 spiro atoms. The Morgan fingerprint density at radius 2 is 1.37 bits per heavy atom. The number of hydrogen-bond donors (Lipinski definition) is 2. The van der Waals surface area contributed by atoms with Gasteiger partial charge in [-0.2, -0.15) is 5.10 Å². The highest BCUT2D eigenvalue weighted by atomic mass is 35.5. The summed E-state index contributed by atoms with van der Waals surface area (Å²) < 4.78 is 34.0. The van der Waals surface area contributed by atoms with Crippen LogP contribution in [0.4, 0.5) is 11.4 Å². The van der Waals surface area contributed by atoms with Crippen molar-refractivity contribution in [2.45, 2.75) is 51.2 Å². The summed E-state index contributed by atoms with van der Waals surface area (Å²) in [6.45, 7) is 8.66. The molecule has 2 N–H and O–H groups in total. The number of anilines is 2. The van der Waals surface area contributed by atoms with E-state index in [9.17, 15) is 24.6 Å². The molecule has 3 atom stereocenters. The Kier molecular flexibility index (Phi) is 18.0. The van der Waals surface area contributed by atoms with E-state index in [0.29, 0.717) is 58.0 Å². The van der Waals surface area contributed by atoms with Crippen LogP contribution in [0.1, 0.15) is 49.4 Å². The molecular formula is C57H59Cl2N7O10. The summed E-state index contributed by atoms with van der Waals surface area (Å²) in [6, 6.07) is 31.0. The minimum Gasteiger partial charge on any atom is -0.504 e. The lowest BCUT2D eigenvalue weighted by atomic mass is 10.1. The molecule has 2 aromatic heterocycles. The number of phenolic OH excluding ortho intramolecular Hbond substituents is 2. The number of benzene rings is 5. The number of allylic oxidation sites excluding steroid dienone is 2. The maximum absolute atomic E-state index is 12.8. The van der Waals surface area contributed by atoms with Gasteiger partial charge in [-0.15, -0.1) is 0 Å². The molecule has 0 bridgehead atoms. The molecule has 4 heterocycles. The number of phenols is 2. The molecule has 2 saturated heterocycles. The largest absolute Gasteiger partial charge is 0.504 e. The molecule has 0 saturated carbocycles. The summed E-state index contributed by atoms with van der Waals surface area (Å²) in [4.78, 5) is 45.6. The number of nitrogens with zero attached hydrogens (tertiary/aromatic N) is 7. The number of halogens is 2. The van der Waals surface area contributed by atoms with Crippen LogP contribution in [0.3, 0.4) is 0 Å². The minimum absolute atomic E-state index is 0.00662. The monoisotopic (exact) mass is 1070 g/mol. The van der Waals surface area contributed by atoms with Gasteiger partial charge in [0, 0.05) is 60.5 Å². The van der Waals surface area contributed by atoms with Crippen molar-refractivity contribution in [2.75, 3.05) is 63.4 Å². The maximum atomic E-state index is 12.8. The van der Waals surface area contributed by atoms with Crippen LogP contribution in [0.15, 0.2) is 145 Å². The van der Waals surface area contributed by atoms with E-state index >= 15 is 0 Å². The number of aromatic nitrogens is 5. The van der Waals surface area contributed by atoms with Crippen molar-refractivity contribution < 1.29 is 43.5 Å². The van der Waals surface area contributed by atoms with Crippen molar-refractivity contribution in [1.82, 2.24) is 23.9 Å². The van der Waals surface area contributed by atoms with Gasteiger partial charge in [0.05, 0.1) is 56.9 Å². The minimum atomic E-state index is -1.10. The molecular weight excluding hydrogens is 1010 g/mol. The average molecular weight is 1070 g/mol. The van der Waals surface area contributed by atoms with Crippen molar-refractivity contribution in [3.05, 3.63) is 178 Å². The highest BCUT2D eigenvalue weighted by Gasteiger charge is 2.45. The Hall–Kier alpha value is -7.83. The van der Waals surface area contributed by atoms with Crippen molar-refractivity contribution in [1.29, 1.82) is 0 Å². The molecule has 396 valence electrons. The molecule has 2 aliphatic rings. The quantitative estimate of drug-likeness (QED) is 0.0576. The maximum Gasteiger partial charge on any atom is 0.350 e. The number of hydrogen-bond acceptors (Lipinski definition) is 14. The third-order valence-corrected chi connectivity index (χ3v) is 13.5. The zero-order valence-corrected chi connectivity index (χ0v) is 44.0. The normalized spacial score (nSPS) is 16.9. The van der Waals surface area contributed by atoms with E-state index < -0.39 is 5.79 Å². The van der Waals surface area contributed by atoms with Gasteiger partial charge in [-0.05, 0) is 122 Å². The third-order valence-electron chi connectivity index (χ3n) is 12.9. The van der Waals surface area contributed by atoms with E-state index in [0.717, 1.165) is 55.4 Å². The molecule has 2 fully saturated rings. The summed E-state index contributed by atoms with van der Waals surface area (Å²) in [7, 11) is 2.87. The summed E-state index contributed by atoms with van der Waals surface area (Å²) in [5.41, 5.74) is 5.03. The molecule has 0 radical (unpaired) electrons. The number of imidazole rings is 1. The number of carbonyl (C=O) groups excluding carboxylic acids is 2. The Labute approximate surface area is 450 Å². The predicted octanol–water partition coefficient (Wildman–Crippen LogP) is 9.55. The standard InChI is InChI=1S/C36H39Cl2N7O4.C21H20O6/c1-3-26(2)45-35(46)44(25-40-45)30-7-5-28(6-8-30)42-16-18-43(19-17-42)29-9-11-31(12-10-29)47-21-32-22-48-36(49-32,23-41-15-14-39-24-41)33-13-4-27(37)20-34(33)38;1-26-20-11-14(5-9-18(20)24)3-7-16(22)13-17(23)8-4-15-6-10-19(25)21(12-15)27-2/h4-15,20,24-26,32H,3,16-19,21-23H2,1-2H3;3-12,24-25H,13H2,1-2H3/b;7-3+,8-4+/t26?,32-,36-;/m0./s1. The molecule has 7 aromatic rings. The number of methoxy groups -OCH3 is 2. The Morgan fingerprint density at radius 1 is 0.789 bits per heavy atom. The van der Waals surface area contributed by atoms with Gasteiger partial charge in [0.15, 0.2) is 34.6 Å². The number of aromatic hydroxyl groups is 2. The Morgan fingerprint density at radius 3 is 1.91 bits per heavy atom. The second kappa shape index (κ2) is 25.1. The number of piperazine rings is 1. The fourth-order valence-electron chi connectivity index (χ4n) is 8.60. The molecule has 0 aliphatic carbocycles. The van der Waals surface area contributed by atoms with Crippen molar-refractivity contribution in [3.8, 4) is 34.4 Å². The first-order valence-electron chi connectivity index (χ1n) is 24.6. The van der Waals surface area contributed by atoms with Crippen LogP contribution >= 0.6 is 23.2 Å². The fraction of sp³-hybridized carbons (Fsp3) is 0.281. The Bertz CT molecular complexity index is 3130. The van der Waals surface area contributed by atoms with Gasteiger partial charge >= 0.3 is 5.69 Å². The molecule has 2 aliphatic heterocycles. The molecule has 19 heteroatoms. The molecule has 17 nitrogen and oxygen atoms in total. The van der Waals surface area contributed by atoms with Gasteiger partial charge in [0.1, 0.15) is 24.8 Å². The van der Waals surface area contributed by atoms with Crippen LogP contribution in [0.25, 0.3) is 17.8 Å². The zero-order chi connectivity index (χ0) is 53.8. The number of ketones is 2. The predicted molar refractivity (Wildman–Crippen MR) is 292 cm³/mol. The lowest BCUT2D eigenvalue weighted by Gasteiger charge is -2.37. The lowest BCUT2D eigenvalue weighted by Crippen LogP contribution is -2.46. The number of ether oxygens (including phenoxy) is 5. The van der Waals surface area contributed by atoms with E-state index in [1.807, 2.05) is 54.9 Å². The van der Waals surface area contributed by atoms with Crippen LogP contribution in [-0.4, -0.2) is 105 Å². The first-order valence-corrected chi connectivity index (χ1v) is 25.4. The van der Waals surface area contributed by atoms with Gasteiger partial charge in [-0.3, -0.25) is 9.59 Å². The van der Waals surface area contributed by atoms with Crippen molar-refractivity contribution in [2.24, 2.45) is 0 Å². The second-order valence-electron chi connectivity index (χ2n) is 18.1. The van der Waals surface area contributed by atoms with Gasteiger partial charge in [-0.25, -0.2) is 19.0 Å². The van der Waals surface area contributed by atoms with Crippen LogP contribution in [0, 0.1) is 0 Å². The fourth-order valence-corrected chi connectivity index (χ4v) is 9.15. The molecule has 5 aromatic carbocycles. The summed E-state index contributed by atoms with van der Waals surface area (Å²) in [5, 5.41) is 24.4. The van der Waals surface area contributed by atoms with Crippen LogP contribution in [0.5, 0.6) is 28.7 Å². The molecule has 76 heavy (non-hydrogen) atoms. The van der Waals surface area contributed by atoms with E-state index in [-0.39, 0.29) is 47.3 Å². The lowest BCUT2D eigenvalue weighted by molar-refractivity contribution is -0.189. The Balaban J connectivity index is 0.000000241. The summed E-state index contributed by atoms with van der Waals surface area (Å²) in [6.07, 6.45) is 12.9. The first-order chi connectivity index (χ1) is 36.7. The average Bonchev–Trinajstić information content (AvgIpc) is 4.21. The van der Waals surface area contributed by atoms with E-state index in [2.05, 4.69) is 44.1 Å². The van der Waals surface area contributed by atoms with E-state index in [1.165, 1.54) is 38.5 Å². The van der Waals surface area contributed by atoms with Gasteiger partial charge in [-0.1, -0.05) is 60.5 Å². The van der Waals surface area contributed by atoms with Gasteiger partial charge in [0.2, 0.25) is 5.79 Å². The highest BCUT2D eigenvalue weighted by Crippen LogP contribution is 2.41. The SMILES string of the molecule is CCC(C)n1ncn(-c2ccc(N3CCN(c4ccc(OC[C@H]5CO[C@](Cn6ccnc6)(c6ccc(Cl)cc6Cl)O5)cc4)CC3)cc2)c1=O.COc1cc(/C=C/C(=O)CC(=O)/C=C/c2ccc(O)c(OC)c2)ccc1O. The van der Waals surface area contributed by atoms with Gasteiger partial charge in [0.25, 0.3) is 0 Å². The van der Waals surface area contributed by atoms with Crippen molar-refractivity contribution >= 4 is 58.3 Å². The first kappa shape index (κ1) is 54.4. The van der Waals surface area contributed by atoms with Crippen LogP contribution < -0.4 is 29.7 Å². The molecule has 9 rings (SSSR count). The highest BCUT2D eigenvalue weighted by molar-refractivity contribution is 6.35. The third kappa shape index (κ3) is 13.5. The van der Waals surface area contributed by atoms with Crippen LogP contribution in [-0.2, 0) is 31.4 Å². The van der Waals surface area contributed by atoms with Crippen LogP contribution in [0.2, 0.25) is 10.0 Å². The number of carbonyl (C=O) groups is 2. The van der Waals surface area contributed by atoms with E-state index in [4.69, 9.17) is 46.9 Å². The summed E-state index contributed by atoms with van der Waals surface area (Å²) in [5.74, 6) is -0.419. The van der Waals surface area contributed by atoms with Crippen molar-refractivity contribution in [3.63, 3.8) is 0 Å². The topological polar surface area (TPSA) is 185 Å². The zero-order valence-electron chi connectivity index (χ0n) is 42.5. The molecule has 1 unspecified atom stereocenters. The number of rotatable bonds is 19. The van der Waals surface area contributed by atoms with Gasteiger partial charge < -0.3 is 48.3 Å². The smallest absolute Gasteiger partial charge is 0.350 e. The second-order valence-corrected chi connectivity index (χ2v) is 18.9. The summed E-state index contributed by atoms with van der Waals surface area (Å²) >= 11 is 12.8. The van der Waals surface area contributed by atoms with E-state index in [1.54, 1.807) is 76.7 Å².